The SMILES string of the molecule is COc1ccc(CNC(=O)C(C)(F)F)cn1. The molecule has 16 heavy (non-hydrogen) atoms. The van der Waals surface area contributed by atoms with Crippen molar-refractivity contribution in [3.63, 3.8) is 0 Å². The normalized spacial score (nSPS) is 11.0. The Balaban J connectivity index is 2.52. The van der Waals surface area contributed by atoms with E-state index in [0.717, 1.165) is 0 Å². The van der Waals surface area contributed by atoms with Crippen molar-refractivity contribution >= 4 is 5.91 Å². The molecule has 0 bridgehead atoms. The van der Waals surface area contributed by atoms with Crippen LogP contribution in [0.4, 0.5) is 8.78 Å². The molecule has 0 aliphatic rings. The smallest absolute Gasteiger partial charge is 0.321 e. The van der Waals surface area contributed by atoms with Gasteiger partial charge >= 0.3 is 5.92 Å². The molecule has 1 aromatic heterocycles. The van der Waals surface area contributed by atoms with Gasteiger partial charge in [0, 0.05) is 25.7 Å². The zero-order chi connectivity index (χ0) is 12.2. The van der Waals surface area contributed by atoms with Gasteiger partial charge in [0.25, 0.3) is 5.91 Å². The van der Waals surface area contributed by atoms with E-state index in [2.05, 4.69) is 10.3 Å². The van der Waals surface area contributed by atoms with E-state index in [0.29, 0.717) is 18.4 Å². The summed E-state index contributed by atoms with van der Waals surface area (Å²) in [5.41, 5.74) is 0.624. The molecule has 88 valence electrons. The first-order valence-electron chi connectivity index (χ1n) is 4.58. The molecule has 0 spiro atoms. The predicted octanol–water partition coefficient (Wildman–Crippen LogP) is 1.36. The van der Waals surface area contributed by atoms with E-state index in [1.165, 1.54) is 13.3 Å². The van der Waals surface area contributed by atoms with Gasteiger partial charge in [-0.15, -0.1) is 0 Å². The average molecular weight is 230 g/mol. The maximum absolute atomic E-state index is 12.5. The molecule has 1 rings (SSSR count). The number of halogens is 2. The maximum Gasteiger partial charge on any atom is 0.321 e. The quantitative estimate of drug-likeness (QED) is 0.849. The third-order valence-corrected chi connectivity index (χ3v) is 1.86. The maximum atomic E-state index is 12.5. The van der Waals surface area contributed by atoms with Gasteiger partial charge in [-0.2, -0.15) is 8.78 Å². The van der Waals surface area contributed by atoms with Crippen LogP contribution >= 0.6 is 0 Å². The number of carbonyl (C=O) groups is 1. The fourth-order valence-corrected chi connectivity index (χ4v) is 0.974. The lowest BCUT2D eigenvalue weighted by molar-refractivity contribution is -0.143. The lowest BCUT2D eigenvalue weighted by Gasteiger charge is -2.10. The second-order valence-corrected chi connectivity index (χ2v) is 3.28. The topological polar surface area (TPSA) is 51.2 Å². The summed E-state index contributed by atoms with van der Waals surface area (Å²) in [5, 5.41) is 2.11. The Hall–Kier alpha value is -1.72. The predicted molar refractivity (Wildman–Crippen MR) is 53.3 cm³/mol. The second kappa shape index (κ2) is 4.87. The summed E-state index contributed by atoms with van der Waals surface area (Å²) < 4.78 is 29.8. The minimum atomic E-state index is -3.36. The summed E-state index contributed by atoms with van der Waals surface area (Å²) in [6.45, 7) is 0.563. The molecule has 0 fully saturated rings. The Kier molecular flexibility index (Phi) is 3.76. The summed E-state index contributed by atoms with van der Waals surface area (Å²) in [6.07, 6.45) is 1.45. The number of amides is 1. The fraction of sp³-hybridized carbons (Fsp3) is 0.400. The van der Waals surface area contributed by atoms with Gasteiger partial charge in [-0.05, 0) is 5.56 Å². The molecule has 4 nitrogen and oxygen atoms in total. The monoisotopic (exact) mass is 230 g/mol. The van der Waals surface area contributed by atoms with Crippen LogP contribution in [0.2, 0.25) is 0 Å². The van der Waals surface area contributed by atoms with Gasteiger partial charge in [0.1, 0.15) is 0 Å². The van der Waals surface area contributed by atoms with Crippen LogP contribution in [0.15, 0.2) is 18.3 Å². The van der Waals surface area contributed by atoms with E-state index in [-0.39, 0.29) is 6.54 Å². The van der Waals surface area contributed by atoms with E-state index >= 15 is 0 Å². The molecule has 0 saturated carbocycles. The van der Waals surface area contributed by atoms with Crippen molar-refractivity contribution in [2.45, 2.75) is 19.4 Å². The van der Waals surface area contributed by atoms with Gasteiger partial charge in [-0.25, -0.2) is 4.98 Å². The van der Waals surface area contributed by atoms with Crippen LogP contribution in [-0.4, -0.2) is 23.9 Å². The average Bonchev–Trinajstić information content (AvgIpc) is 2.25. The van der Waals surface area contributed by atoms with Crippen LogP contribution in [0.25, 0.3) is 0 Å². The first kappa shape index (κ1) is 12.4. The van der Waals surface area contributed by atoms with Gasteiger partial charge in [-0.3, -0.25) is 4.79 Å². The Morgan fingerprint density at radius 3 is 2.69 bits per heavy atom. The molecule has 0 atom stereocenters. The van der Waals surface area contributed by atoms with Gasteiger partial charge in [0.05, 0.1) is 7.11 Å². The number of alkyl halides is 2. The molecule has 1 aromatic rings. The van der Waals surface area contributed by atoms with Gasteiger partial charge in [0.15, 0.2) is 0 Å². The van der Waals surface area contributed by atoms with Crippen molar-refractivity contribution in [3.05, 3.63) is 23.9 Å². The summed E-state index contributed by atoms with van der Waals surface area (Å²) in [4.78, 5) is 14.7. The molecule has 0 radical (unpaired) electrons. The van der Waals surface area contributed by atoms with Crippen LogP contribution in [0.3, 0.4) is 0 Å². The number of ether oxygens (including phenoxy) is 1. The van der Waals surface area contributed by atoms with Crippen molar-refractivity contribution < 1.29 is 18.3 Å². The Labute approximate surface area is 91.6 Å². The minimum absolute atomic E-state index is 0.0132. The molecule has 0 aliphatic carbocycles. The molecule has 0 aromatic carbocycles. The second-order valence-electron chi connectivity index (χ2n) is 3.28. The summed E-state index contributed by atoms with van der Waals surface area (Å²) in [7, 11) is 1.47. The Morgan fingerprint density at radius 2 is 2.25 bits per heavy atom. The molecular formula is C10H12F2N2O2. The molecule has 6 heteroatoms. The standard InChI is InChI=1S/C10H12F2N2O2/c1-10(11,12)9(15)14-6-7-3-4-8(16-2)13-5-7/h3-5H,6H2,1-2H3,(H,14,15). The zero-order valence-electron chi connectivity index (χ0n) is 8.96. The summed E-state index contributed by atoms with van der Waals surface area (Å²) in [6, 6.07) is 3.23. The van der Waals surface area contributed by atoms with Crippen molar-refractivity contribution in [1.29, 1.82) is 0 Å². The van der Waals surface area contributed by atoms with Crippen molar-refractivity contribution in [2.24, 2.45) is 0 Å². The molecule has 0 aliphatic heterocycles. The fourth-order valence-electron chi connectivity index (χ4n) is 0.974. The van der Waals surface area contributed by atoms with Crippen molar-refractivity contribution in [3.8, 4) is 5.88 Å². The van der Waals surface area contributed by atoms with Crippen LogP contribution in [-0.2, 0) is 11.3 Å². The van der Waals surface area contributed by atoms with Crippen LogP contribution in [0.5, 0.6) is 5.88 Å². The van der Waals surface area contributed by atoms with Crippen molar-refractivity contribution in [2.75, 3.05) is 7.11 Å². The Morgan fingerprint density at radius 1 is 1.56 bits per heavy atom. The number of nitrogens with one attached hydrogen (secondary N) is 1. The number of aromatic nitrogens is 1. The molecule has 1 heterocycles. The summed E-state index contributed by atoms with van der Waals surface area (Å²) >= 11 is 0. The largest absolute Gasteiger partial charge is 0.481 e. The highest BCUT2D eigenvalue weighted by atomic mass is 19.3. The number of carbonyl (C=O) groups excluding carboxylic acids is 1. The highest BCUT2D eigenvalue weighted by Crippen LogP contribution is 2.12. The van der Waals surface area contributed by atoms with Gasteiger partial charge in [-0.1, -0.05) is 6.07 Å². The molecule has 1 N–H and O–H groups in total. The molecule has 0 unspecified atom stereocenters. The highest BCUT2D eigenvalue weighted by Gasteiger charge is 2.31. The molecule has 1 amide bonds. The number of hydrogen-bond acceptors (Lipinski definition) is 3. The molecular weight excluding hydrogens is 218 g/mol. The number of nitrogens with zero attached hydrogens (tertiary/aromatic N) is 1. The van der Waals surface area contributed by atoms with E-state index < -0.39 is 11.8 Å². The van der Waals surface area contributed by atoms with Gasteiger partial charge in [0.2, 0.25) is 5.88 Å². The van der Waals surface area contributed by atoms with Gasteiger partial charge < -0.3 is 10.1 Å². The third kappa shape index (κ3) is 3.45. The first-order valence-corrected chi connectivity index (χ1v) is 4.58. The molecule has 0 saturated heterocycles. The van der Waals surface area contributed by atoms with E-state index in [1.54, 1.807) is 12.1 Å². The van der Waals surface area contributed by atoms with E-state index in [9.17, 15) is 13.6 Å². The Bertz CT molecular complexity index is 360. The number of methoxy groups -OCH3 is 1. The number of rotatable bonds is 4. The van der Waals surface area contributed by atoms with Crippen molar-refractivity contribution in [1.82, 2.24) is 10.3 Å². The van der Waals surface area contributed by atoms with E-state index in [1.807, 2.05) is 0 Å². The summed E-state index contributed by atoms with van der Waals surface area (Å²) in [5.74, 6) is -4.24. The zero-order valence-corrected chi connectivity index (χ0v) is 8.96. The van der Waals surface area contributed by atoms with E-state index in [4.69, 9.17) is 4.74 Å². The highest BCUT2D eigenvalue weighted by molar-refractivity contribution is 5.82. The first-order chi connectivity index (χ1) is 7.43. The lowest BCUT2D eigenvalue weighted by atomic mass is 10.2. The van der Waals surface area contributed by atoms with Crippen LogP contribution in [0.1, 0.15) is 12.5 Å². The minimum Gasteiger partial charge on any atom is -0.481 e. The number of pyridine rings is 1. The van der Waals surface area contributed by atoms with Crippen LogP contribution in [0, 0.1) is 0 Å². The lowest BCUT2D eigenvalue weighted by Crippen LogP contribution is -2.37. The third-order valence-electron chi connectivity index (χ3n) is 1.86. The van der Waals surface area contributed by atoms with Crippen LogP contribution < -0.4 is 10.1 Å². The number of hydrogen-bond donors (Lipinski definition) is 1.